The summed E-state index contributed by atoms with van der Waals surface area (Å²) in [6.07, 6.45) is -1.62. The number of carbonyl (C=O) groups is 1. The Morgan fingerprint density at radius 3 is 1.90 bits per heavy atom. The molecule has 0 spiro atoms. The number of methoxy groups -OCH3 is 1. The molecule has 1 unspecified atom stereocenters. The summed E-state index contributed by atoms with van der Waals surface area (Å²) >= 11 is 1.60. The molecular weight excluding hydrogens is 557 g/mol. The van der Waals surface area contributed by atoms with Gasteiger partial charge in [-0.15, -0.1) is 0 Å². The molecule has 2 aromatic carbocycles. The molecule has 3 rings (SSSR count). The van der Waals surface area contributed by atoms with Crippen molar-refractivity contribution in [3.63, 3.8) is 0 Å². The molecule has 1 saturated heterocycles. The second kappa shape index (κ2) is 12.7. The predicted octanol–water partition coefficient (Wildman–Crippen LogP) is 8.15. The van der Waals surface area contributed by atoms with Gasteiger partial charge in [0, 0.05) is 4.90 Å². The van der Waals surface area contributed by atoms with E-state index in [4.69, 9.17) is 23.1 Å². The van der Waals surface area contributed by atoms with Crippen LogP contribution in [0.25, 0.3) is 0 Å². The summed E-state index contributed by atoms with van der Waals surface area (Å²) in [5.41, 5.74) is 0.0844. The van der Waals surface area contributed by atoms with Crippen LogP contribution >= 0.6 is 11.8 Å². The Bertz CT molecular complexity index is 1110. The summed E-state index contributed by atoms with van der Waals surface area (Å²) < 4.78 is 32.2. The first kappa shape index (κ1) is 32.9. The lowest BCUT2D eigenvalue weighted by molar-refractivity contribution is -0.154. The smallest absolute Gasteiger partial charge is 0.338 e. The molecule has 0 amide bonds. The molecular formula is C31H48O6SSi2. The summed E-state index contributed by atoms with van der Waals surface area (Å²) in [5.74, 6) is 0.269. The van der Waals surface area contributed by atoms with Gasteiger partial charge < -0.3 is 23.1 Å². The molecule has 4 atom stereocenters. The molecule has 1 aliphatic heterocycles. The highest BCUT2D eigenvalue weighted by atomic mass is 32.2. The van der Waals surface area contributed by atoms with Gasteiger partial charge in [-0.3, -0.25) is 0 Å². The number of thioether (sulfide) groups is 1. The van der Waals surface area contributed by atoms with E-state index >= 15 is 0 Å². The number of hydrogen-bond donors (Lipinski definition) is 0. The van der Waals surface area contributed by atoms with E-state index in [0.29, 0.717) is 17.9 Å². The molecule has 9 heteroatoms. The van der Waals surface area contributed by atoms with Gasteiger partial charge in [0.1, 0.15) is 23.4 Å². The van der Waals surface area contributed by atoms with Gasteiger partial charge >= 0.3 is 5.97 Å². The maximum absolute atomic E-state index is 13.6. The molecule has 40 heavy (non-hydrogen) atoms. The van der Waals surface area contributed by atoms with Crippen LogP contribution in [0.1, 0.15) is 51.9 Å². The average molecular weight is 605 g/mol. The standard InChI is InChI=1S/C31H48O6SSi2/c1-30(2,3)39(8,9)36-25-21-34-29(38-24-15-13-12-14-16-24)27(37-40(10,11)31(4,5)6)26(25)35-28(32)22-17-19-23(33-7)20-18-22/h12-20,25-27,29H,21H2,1-11H3/t25-,26+,27-,29?/m1/s1. The topological polar surface area (TPSA) is 63.2 Å². The van der Waals surface area contributed by atoms with Crippen molar-refractivity contribution in [3.8, 4) is 5.75 Å². The fraction of sp³-hybridized carbons (Fsp3) is 0.581. The van der Waals surface area contributed by atoms with Crippen molar-refractivity contribution in [2.24, 2.45) is 0 Å². The summed E-state index contributed by atoms with van der Waals surface area (Å²) in [6, 6.07) is 17.1. The Morgan fingerprint density at radius 2 is 1.38 bits per heavy atom. The molecule has 1 heterocycles. The van der Waals surface area contributed by atoms with Crippen molar-refractivity contribution in [2.75, 3.05) is 13.7 Å². The molecule has 0 bridgehead atoms. The van der Waals surface area contributed by atoms with Crippen molar-refractivity contribution in [2.45, 2.75) is 106 Å². The van der Waals surface area contributed by atoms with Gasteiger partial charge in [-0.25, -0.2) is 4.79 Å². The molecule has 2 aromatic rings. The molecule has 222 valence electrons. The second-order valence-corrected chi connectivity index (χ2v) is 24.2. The Hall–Kier alpha value is -1.63. The van der Waals surface area contributed by atoms with Crippen LogP contribution in [0.3, 0.4) is 0 Å². The highest BCUT2D eigenvalue weighted by molar-refractivity contribution is 7.99. The Morgan fingerprint density at radius 1 is 0.825 bits per heavy atom. The quantitative estimate of drug-likeness (QED) is 0.211. The first-order valence-electron chi connectivity index (χ1n) is 14.0. The minimum absolute atomic E-state index is 0.0248. The minimum atomic E-state index is -2.31. The molecule has 0 radical (unpaired) electrons. The van der Waals surface area contributed by atoms with Crippen LogP contribution in [0.15, 0.2) is 59.5 Å². The number of ether oxygens (including phenoxy) is 3. The van der Waals surface area contributed by atoms with Crippen LogP contribution in [0.5, 0.6) is 5.75 Å². The van der Waals surface area contributed by atoms with E-state index in [1.165, 1.54) is 0 Å². The number of carbonyl (C=O) groups excluding carboxylic acids is 1. The first-order chi connectivity index (χ1) is 18.4. The van der Waals surface area contributed by atoms with E-state index in [-0.39, 0.29) is 15.5 Å². The summed E-state index contributed by atoms with van der Waals surface area (Å²) in [7, 11) is -2.94. The predicted molar refractivity (Wildman–Crippen MR) is 168 cm³/mol. The van der Waals surface area contributed by atoms with Gasteiger partial charge in [0.15, 0.2) is 22.7 Å². The second-order valence-electron chi connectivity index (χ2n) is 13.5. The molecule has 0 aromatic heterocycles. The largest absolute Gasteiger partial charge is 0.497 e. The third-order valence-electron chi connectivity index (χ3n) is 8.44. The SMILES string of the molecule is COc1ccc(C(=O)O[C@H]2[C@H](O[Si](C)(C)C(C)(C)C)COC(Sc3ccccc3)[C@@H]2O[Si](C)(C)C(C)(C)C)cc1. The van der Waals surface area contributed by atoms with Crippen molar-refractivity contribution in [1.82, 2.24) is 0 Å². The Balaban J connectivity index is 2.04. The van der Waals surface area contributed by atoms with Crippen molar-refractivity contribution >= 4 is 34.4 Å². The third-order valence-corrected chi connectivity index (χ3v) is 18.6. The van der Waals surface area contributed by atoms with Crippen LogP contribution in [0.2, 0.25) is 36.3 Å². The summed E-state index contributed by atoms with van der Waals surface area (Å²) in [4.78, 5) is 14.7. The van der Waals surface area contributed by atoms with Crippen LogP contribution in [0.4, 0.5) is 0 Å². The highest BCUT2D eigenvalue weighted by Crippen LogP contribution is 2.44. The minimum Gasteiger partial charge on any atom is -0.497 e. The number of hydrogen-bond acceptors (Lipinski definition) is 7. The monoisotopic (exact) mass is 604 g/mol. The van der Waals surface area contributed by atoms with E-state index in [1.54, 1.807) is 43.1 Å². The lowest BCUT2D eigenvalue weighted by Crippen LogP contribution is -2.62. The number of benzene rings is 2. The molecule has 0 saturated carbocycles. The molecule has 6 nitrogen and oxygen atoms in total. The van der Waals surface area contributed by atoms with Crippen LogP contribution < -0.4 is 4.74 Å². The Labute approximate surface area is 247 Å². The van der Waals surface area contributed by atoms with E-state index in [0.717, 1.165) is 4.90 Å². The van der Waals surface area contributed by atoms with Crippen LogP contribution in [0, 0.1) is 0 Å². The third kappa shape index (κ3) is 8.01. The zero-order valence-corrected chi connectivity index (χ0v) is 28.9. The van der Waals surface area contributed by atoms with Crippen LogP contribution in [-0.4, -0.2) is 60.1 Å². The van der Waals surface area contributed by atoms with Crippen molar-refractivity contribution in [1.29, 1.82) is 0 Å². The summed E-state index contributed by atoms with van der Waals surface area (Å²) in [6.45, 7) is 22.4. The van der Waals surface area contributed by atoms with Crippen molar-refractivity contribution in [3.05, 3.63) is 60.2 Å². The normalized spacial score (nSPS) is 22.6. The van der Waals surface area contributed by atoms with Gasteiger partial charge in [-0.2, -0.15) is 0 Å². The van der Waals surface area contributed by atoms with Gasteiger partial charge in [0.05, 0.1) is 19.3 Å². The van der Waals surface area contributed by atoms with Crippen LogP contribution in [-0.2, 0) is 18.3 Å². The van der Waals surface area contributed by atoms with Gasteiger partial charge in [-0.05, 0) is 72.7 Å². The summed E-state index contributed by atoms with van der Waals surface area (Å²) in [5, 5.41) is -0.0737. The van der Waals surface area contributed by atoms with Gasteiger partial charge in [-0.1, -0.05) is 71.5 Å². The molecule has 0 aliphatic carbocycles. The van der Waals surface area contributed by atoms with E-state index in [2.05, 4.69) is 79.9 Å². The zero-order valence-electron chi connectivity index (χ0n) is 26.1. The fourth-order valence-corrected chi connectivity index (χ4v) is 7.61. The lowest BCUT2D eigenvalue weighted by Gasteiger charge is -2.49. The fourth-order valence-electron chi connectivity index (χ4n) is 3.84. The highest BCUT2D eigenvalue weighted by Gasteiger charge is 2.52. The van der Waals surface area contributed by atoms with E-state index in [1.807, 2.05) is 18.2 Å². The molecule has 1 fully saturated rings. The Kier molecular flexibility index (Phi) is 10.4. The van der Waals surface area contributed by atoms with E-state index in [9.17, 15) is 4.79 Å². The number of rotatable bonds is 9. The average Bonchev–Trinajstić information content (AvgIpc) is 2.86. The van der Waals surface area contributed by atoms with Crippen molar-refractivity contribution < 1.29 is 27.9 Å². The van der Waals surface area contributed by atoms with Gasteiger partial charge in [0.25, 0.3) is 0 Å². The maximum atomic E-state index is 13.6. The zero-order chi connectivity index (χ0) is 29.9. The van der Waals surface area contributed by atoms with E-state index < -0.39 is 40.9 Å². The number of esters is 1. The lowest BCUT2D eigenvalue weighted by atomic mass is 10.1. The first-order valence-corrected chi connectivity index (χ1v) is 20.7. The maximum Gasteiger partial charge on any atom is 0.338 e. The molecule has 1 aliphatic rings. The molecule has 0 N–H and O–H groups in total. The van der Waals surface area contributed by atoms with Gasteiger partial charge in [0.2, 0.25) is 0 Å².